The molecule has 2 aromatic heterocycles. The maximum Gasteiger partial charge on any atom is 0.226 e. The summed E-state index contributed by atoms with van der Waals surface area (Å²) in [6, 6.07) is 9.13. The number of benzene rings is 1. The minimum Gasteiger partial charge on any atom is -0.474 e. The van der Waals surface area contributed by atoms with Gasteiger partial charge < -0.3 is 4.74 Å². The largest absolute Gasteiger partial charge is 0.474 e. The summed E-state index contributed by atoms with van der Waals surface area (Å²) in [6.45, 7) is 0. The smallest absolute Gasteiger partial charge is 0.226 e. The van der Waals surface area contributed by atoms with Crippen molar-refractivity contribution in [2.75, 3.05) is 0 Å². The van der Waals surface area contributed by atoms with Crippen LogP contribution in [0.1, 0.15) is 44.1 Å². The quantitative estimate of drug-likeness (QED) is 0.547. The average molecular weight is 484 g/mol. The van der Waals surface area contributed by atoms with Gasteiger partial charge in [-0.05, 0) is 49.9 Å². The lowest BCUT2D eigenvalue weighted by Crippen LogP contribution is -2.50. The Morgan fingerprint density at radius 2 is 1.85 bits per heavy atom. The molecule has 6 rings (SSSR count). The lowest BCUT2D eigenvalue weighted by molar-refractivity contribution is 0.0930. The Morgan fingerprint density at radius 1 is 1.09 bits per heavy atom. The molecule has 1 aromatic carbocycles. The van der Waals surface area contributed by atoms with E-state index in [0.29, 0.717) is 40.6 Å². The molecule has 170 valence electrons. The molecule has 1 aliphatic carbocycles. The molecule has 0 unspecified atom stereocenters. The van der Waals surface area contributed by atoms with Crippen molar-refractivity contribution in [3.8, 4) is 17.6 Å². The standard InChI is InChI=1S/C23H22ClN5O3S/c24-20-9-14(12-25)1-6-21(20)28-8-7-19-22(28)26-13-27-23(19)32-17-10-15-2-3-16(11-17)29(15)33(30,31)18-4-5-18/h1,6-9,13,15-18H,2-5,10-11H2/t15-,16-/m0/s1. The van der Waals surface area contributed by atoms with Crippen molar-refractivity contribution in [1.82, 2.24) is 18.8 Å². The van der Waals surface area contributed by atoms with Crippen LogP contribution in [0.15, 0.2) is 36.8 Å². The number of halogens is 1. The highest BCUT2D eigenvalue weighted by atomic mass is 35.5. The monoisotopic (exact) mass is 483 g/mol. The van der Waals surface area contributed by atoms with Crippen LogP contribution in [0.4, 0.5) is 0 Å². The summed E-state index contributed by atoms with van der Waals surface area (Å²) in [5.74, 6) is 0.492. The molecule has 0 spiro atoms. The number of fused-ring (bicyclic) bond motifs is 3. The molecule has 2 atom stereocenters. The van der Waals surface area contributed by atoms with E-state index >= 15 is 0 Å². The van der Waals surface area contributed by atoms with Crippen molar-refractivity contribution in [2.24, 2.45) is 0 Å². The number of nitrogens with zero attached hydrogens (tertiary/aromatic N) is 5. The number of piperidine rings is 1. The highest BCUT2D eigenvalue weighted by Crippen LogP contribution is 2.44. The van der Waals surface area contributed by atoms with E-state index in [-0.39, 0.29) is 23.4 Å². The summed E-state index contributed by atoms with van der Waals surface area (Å²) in [5, 5.41) is 10.1. The summed E-state index contributed by atoms with van der Waals surface area (Å²) in [7, 11) is -3.18. The Kier molecular flexibility index (Phi) is 4.87. The zero-order valence-corrected chi connectivity index (χ0v) is 19.3. The Balaban J connectivity index is 1.26. The lowest BCUT2D eigenvalue weighted by atomic mass is 10.0. The summed E-state index contributed by atoms with van der Waals surface area (Å²) in [5.41, 5.74) is 1.86. The minimum absolute atomic E-state index is 0.0127. The normalized spacial score (nSPS) is 25.3. The van der Waals surface area contributed by atoms with Crippen molar-refractivity contribution in [2.45, 2.75) is 62.0 Å². The highest BCUT2D eigenvalue weighted by molar-refractivity contribution is 7.90. The zero-order valence-electron chi connectivity index (χ0n) is 17.8. The van der Waals surface area contributed by atoms with Crippen molar-refractivity contribution >= 4 is 32.7 Å². The fourth-order valence-electron chi connectivity index (χ4n) is 5.28. The first-order chi connectivity index (χ1) is 16.0. The Hall–Kier alpha value is -2.67. The maximum absolute atomic E-state index is 12.9. The molecule has 3 aromatic rings. The van der Waals surface area contributed by atoms with Crippen LogP contribution in [0.25, 0.3) is 16.7 Å². The molecule has 4 heterocycles. The van der Waals surface area contributed by atoms with Gasteiger partial charge in [0.1, 0.15) is 12.4 Å². The van der Waals surface area contributed by atoms with E-state index < -0.39 is 10.0 Å². The van der Waals surface area contributed by atoms with Crippen LogP contribution in [-0.4, -0.2) is 50.7 Å². The van der Waals surface area contributed by atoms with Crippen molar-refractivity contribution in [3.05, 3.63) is 47.4 Å². The van der Waals surface area contributed by atoms with E-state index in [4.69, 9.17) is 21.6 Å². The Bertz CT molecular complexity index is 1380. The van der Waals surface area contributed by atoms with E-state index in [1.807, 2.05) is 16.8 Å². The molecular weight excluding hydrogens is 462 g/mol. The van der Waals surface area contributed by atoms with E-state index in [9.17, 15) is 8.42 Å². The number of ether oxygens (including phenoxy) is 1. The van der Waals surface area contributed by atoms with E-state index in [1.165, 1.54) is 6.33 Å². The van der Waals surface area contributed by atoms with Gasteiger partial charge in [0.15, 0.2) is 5.65 Å². The van der Waals surface area contributed by atoms with Crippen molar-refractivity contribution < 1.29 is 13.2 Å². The Labute approximate surface area is 196 Å². The molecule has 3 fully saturated rings. The number of hydrogen-bond donors (Lipinski definition) is 0. The first-order valence-corrected chi connectivity index (χ1v) is 13.0. The number of rotatable bonds is 5. The van der Waals surface area contributed by atoms with Gasteiger partial charge in [0.2, 0.25) is 15.9 Å². The topological polar surface area (TPSA) is 101 Å². The summed E-state index contributed by atoms with van der Waals surface area (Å²) >= 11 is 6.41. The second-order valence-electron chi connectivity index (χ2n) is 9.05. The molecule has 2 aliphatic heterocycles. The first-order valence-electron chi connectivity index (χ1n) is 11.2. The third-order valence-electron chi connectivity index (χ3n) is 6.92. The molecule has 1 saturated carbocycles. The first kappa shape index (κ1) is 20.9. The Morgan fingerprint density at radius 3 is 2.52 bits per heavy atom. The van der Waals surface area contributed by atoms with E-state index in [0.717, 1.165) is 31.1 Å². The van der Waals surface area contributed by atoms with Crippen LogP contribution in [-0.2, 0) is 10.0 Å². The predicted molar refractivity (Wildman–Crippen MR) is 123 cm³/mol. The number of aromatic nitrogens is 3. The summed E-state index contributed by atoms with van der Waals surface area (Å²) in [4.78, 5) is 8.81. The van der Waals surface area contributed by atoms with Gasteiger partial charge in [-0.1, -0.05) is 11.6 Å². The van der Waals surface area contributed by atoms with Crippen LogP contribution >= 0.6 is 11.6 Å². The van der Waals surface area contributed by atoms with Gasteiger partial charge in [0, 0.05) is 31.1 Å². The van der Waals surface area contributed by atoms with Gasteiger partial charge in [0.25, 0.3) is 0 Å². The molecule has 2 saturated heterocycles. The fraction of sp³-hybridized carbons (Fsp3) is 0.435. The van der Waals surface area contributed by atoms with Gasteiger partial charge in [-0.15, -0.1) is 0 Å². The zero-order chi connectivity index (χ0) is 22.7. The number of nitriles is 1. The second-order valence-corrected chi connectivity index (χ2v) is 11.6. The van der Waals surface area contributed by atoms with Gasteiger partial charge in [-0.2, -0.15) is 9.57 Å². The second kappa shape index (κ2) is 7.69. The van der Waals surface area contributed by atoms with Crippen LogP contribution in [0.5, 0.6) is 5.88 Å². The number of hydrogen-bond acceptors (Lipinski definition) is 6. The van der Waals surface area contributed by atoms with Gasteiger partial charge in [0.05, 0.1) is 33.0 Å². The summed E-state index contributed by atoms with van der Waals surface area (Å²) < 4.78 is 35.8. The molecule has 0 radical (unpaired) electrons. The van der Waals surface area contributed by atoms with Crippen LogP contribution in [0.2, 0.25) is 5.02 Å². The predicted octanol–water partition coefficient (Wildman–Crippen LogP) is 3.81. The highest BCUT2D eigenvalue weighted by Gasteiger charge is 2.52. The molecule has 8 nitrogen and oxygen atoms in total. The SMILES string of the molecule is N#Cc1ccc(-n2ccc3c(OC4C[C@@H]5CC[C@@H](C4)N5S(=O)(=O)C4CC4)ncnc32)c(Cl)c1. The molecule has 10 heteroatoms. The molecule has 3 aliphatic rings. The fourth-order valence-corrected chi connectivity index (χ4v) is 7.84. The van der Waals surface area contributed by atoms with Gasteiger partial charge in [-0.25, -0.2) is 18.4 Å². The molecule has 33 heavy (non-hydrogen) atoms. The van der Waals surface area contributed by atoms with Crippen LogP contribution < -0.4 is 4.74 Å². The van der Waals surface area contributed by atoms with Gasteiger partial charge >= 0.3 is 0 Å². The summed E-state index contributed by atoms with van der Waals surface area (Å²) in [6.07, 6.45) is 7.95. The van der Waals surface area contributed by atoms with Crippen molar-refractivity contribution in [3.63, 3.8) is 0 Å². The molecule has 0 N–H and O–H groups in total. The van der Waals surface area contributed by atoms with Crippen LogP contribution in [0.3, 0.4) is 0 Å². The van der Waals surface area contributed by atoms with E-state index in [2.05, 4.69) is 16.0 Å². The van der Waals surface area contributed by atoms with Crippen LogP contribution in [0, 0.1) is 11.3 Å². The van der Waals surface area contributed by atoms with Gasteiger partial charge in [-0.3, -0.25) is 4.57 Å². The van der Waals surface area contributed by atoms with Crippen molar-refractivity contribution in [1.29, 1.82) is 5.26 Å². The third kappa shape index (κ3) is 3.48. The number of sulfonamides is 1. The third-order valence-corrected chi connectivity index (χ3v) is 9.72. The molecule has 0 amide bonds. The molecule has 2 bridgehead atoms. The maximum atomic E-state index is 12.9. The lowest BCUT2D eigenvalue weighted by Gasteiger charge is -2.37. The minimum atomic E-state index is -3.18. The van der Waals surface area contributed by atoms with E-state index in [1.54, 1.807) is 22.5 Å². The average Bonchev–Trinajstić information content (AvgIpc) is 3.52. The molecular formula is C23H22ClN5O3S.